The van der Waals surface area contributed by atoms with Gasteiger partial charge in [-0.3, -0.25) is 10.1 Å². The number of ether oxygens (including phenoxy) is 3. The second kappa shape index (κ2) is 8.99. The highest BCUT2D eigenvalue weighted by molar-refractivity contribution is 5.69. The van der Waals surface area contributed by atoms with Crippen LogP contribution < -0.4 is 14.8 Å². The minimum Gasteiger partial charge on any atom is -0.473 e. The van der Waals surface area contributed by atoms with E-state index >= 15 is 0 Å². The van der Waals surface area contributed by atoms with Gasteiger partial charge in [-0.15, -0.1) is 5.10 Å². The average molecular weight is 466 g/mol. The summed E-state index contributed by atoms with van der Waals surface area (Å²) in [7, 11) is 0. The summed E-state index contributed by atoms with van der Waals surface area (Å²) >= 11 is 0. The highest BCUT2D eigenvalue weighted by atomic mass is 19.3. The third-order valence-electron chi connectivity index (χ3n) is 5.76. The fraction of sp³-hybridized carbons (Fsp3) is 0.619. The zero-order valence-electron chi connectivity index (χ0n) is 18.9. The lowest BCUT2D eigenvalue weighted by atomic mass is 9.89. The smallest absolute Gasteiger partial charge is 0.410 e. The van der Waals surface area contributed by atoms with E-state index < -0.39 is 12.2 Å². The second-order valence-electron chi connectivity index (χ2n) is 9.30. The van der Waals surface area contributed by atoms with E-state index in [1.54, 1.807) is 0 Å². The second-order valence-corrected chi connectivity index (χ2v) is 9.30. The summed E-state index contributed by atoms with van der Waals surface area (Å²) in [5.74, 6) is 0.825. The fourth-order valence-corrected chi connectivity index (χ4v) is 4.42. The van der Waals surface area contributed by atoms with Crippen molar-refractivity contribution in [3.8, 4) is 11.8 Å². The number of anilines is 2. The zero-order valence-corrected chi connectivity index (χ0v) is 18.9. The van der Waals surface area contributed by atoms with Gasteiger partial charge in [0.15, 0.2) is 5.82 Å². The number of aromatic nitrogens is 4. The molecule has 2 aliphatic heterocycles. The van der Waals surface area contributed by atoms with Gasteiger partial charge in [-0.2, -0.15) is 13.8 Å². The van der Waals surface area contributed by atoms with E-state index in [0.717, 1.165) is 12.8 Å². The number of piperidine rings is 1. The van der Waals surface area contributed by atoms with Crippen molar-refractivity contribution in [2.24, 2.45) is 5.92 Å². The van der Waals surface area contributed by atoms with Crippen molar-refractivity contribution in [1.82, 2.24) is 25.1 Å². The van der Waals surface area contributed by atoms with Gasteiger partial charge in [0.25, 0.3) is 0 Å². The van der Waals surface area contributed by atoms with Crippen LogP contribution in [0.1, 0.15) is 47.0 Å². The Labute approximate surface area is 190 Å². The standard InChI is InChI=1S/C21H28F2N6O4/c1-11-13-6-5-12(29(13)20(30)33-21(2,3)4)7-14(11)31-18-10-24-9-16(26-18)25-15-8-17(28-27-15)32-19(22)23/h8-14,19H,5-7H2,1-4H3,(H2,25,26,27,28)/t11-,12+,13-,14+/m1/s1. The molecule has 4 atom stereocenters. The summed E-state index contributed by atoms with van der Waals surface area (Å²) in [6.45, 7) is 4.70. The van der Waals surface area contributed by atoms with Crippen LogP contribution in [0.25, 0.3) is 0 Å². The van der Waals surface area contributed by atoms with Gasteiger partial charge in [0.1, 0.15) is 17.5 Å². The SMILES string of the molecule is C[C@H]1[C@@H](Oc2cncc(Nc3cc(OC(F)F)n[nH]3)n2)C[C@@H]2CC[C@H]1N2C(=O)OC(C)(C)C. The van der Waals surface area contributed by atoms with Crippen molar-refractivity contribution in [1.29, 1.82) is 0 Å². The van der Waals surface area contributed by atoms with Crippen LogP contribution in [0.2, 0.25) is 0 Å². The van der Waals surface area contributed by atoms with E-state index in [1.807, 2.05) is 25.7 Å². The van der Waals surface area contributed by atoms with Gasteiger partial charge >= 0.3 is 12.7 Å². The number of hydrogen-bond donors (Lipinski definition) is 2. The molecular weight excluding hydrogens is 438 g/mol. The number of halogens is 2. The Hall–Kier alpha value is -3.18. The molecule has 4 heterocycles. The Morgan fingerprint density at radius 3 is 2.79 bits per heavy atom. The Kier molecular flexibility index (Phi) is 6.26. The number of hydrogen-bond acceptors (Lipinski definition) is 8. The number of fused-ring (bicyclic) bond motifs is 2. The fourth-order valence-electron chi connectivity index (χ4n) is 4.42. The molecule has 0 aromatic carbocycles. The summed E-state index contributed by atoms with van der Waals surface area (Å²) in [6, 6.07) is 1.38. The summed E-state index contributed by atoms with van der Waals surface area (Å²) in [6.07, 6.45) is 5.05. The Bertz CT molecular complexity index is 982. The Morgan fingerprint density at radius 2 is 2.06 bits per heavy atom. The predicted octanol–water partition coefficient (Wildman–Crippen LogP) is 4.10. The number of nitrogens with one attached hydrogen (secondary N) is 2. The lowest BCUT2D eigenvalue weighted by Gasteiger charge is -2.43. The average Bonchev–Trinajstić information content (AvgIpc) is 3.28. The molecule has 0 unspecified atom stereocenters. The monoisotopic (exact) mass is 466 g/mol. The molecule has 2 aromatic heterocycles. The largest absolute Gasteiger partial charge is 0.473 e. The van der Waals surface area contributed by atoms with E-state index in [0.29, 0.717) is 23.9 Å². The minimum atomic E-state index is -2.96. The number of alkyl halides is 2. The van der Waals surface area contributed by atoms with E-state index in [1.165, 1.54) is 18.5 Å². The summed E-state index contributed by atoms with van der Waals surface area (Å²) in [5.41, 5.74) is -0.545. The molecule has 0 spiro atoms. The lowest BCUT2D eigenvalue weighted by Crippen LogP contribution is -2.55. The van der Waals surface area contributed by atoms with Crippen molar-refractivity contribution in [2.75, 3.05) is 5.32 Å². The van der Waals surface area contributed by atoms with Crippen LogP contribution >= 0.6 is 0 Å². The number of aromatic amines is 1. The molecule has 33 heavy (non-hydrogen) atoms. The van der Waals surface area contributed by atoms with Gasteiger partial charge < -0.3 is 24.4 Å². The number of amides is 1. The third-order valence-corrected chi connectivity index (χ3v) is 5.76. The van der Waals surface area contributed by atoms with Crippen molar-refractivity contribution < 1.29 is 27.8 Å². The number of carbonyl (C=O) groups excluding carboxylic acids is 1. The van der Waals surface area contributed by atoms with Crippen LogP contribution in [0.5, 0.6) is 11.8 Å². The summed E-state index contributed by atoms with van der Waals surface area (Å²) in [5, 5.41) is 9.07. The zero-order chi connectivity index (χ0) is 23.8. The number of H-pyrrole nitrogens is 1. The molecule has 180 valence electrons. The Balaban J connectivity index is 1.40. The lowest BCUT2D eigenvalue weighted by molar-refractivity contribution is -0.0529. The highest BCUT2D eigenvalue weighted by Crippen LogP contribution is 2.41. The molecule has 0 saturated carbocycles. The molecule has 2 aliphatic rings. The minimum absolute atomic E-state index is 0.0381. The summed E-state index contributed by atoms with van der Waals surface area (Å²) < 4.78 is 40.6. The van der Waals surface area contributed by atoms with Crippen molar-refractivity contribution in [3.05, 3.63) is 18.5 Å². The predicted molar refractivity (Wildman–Crippen MR) is 114 cm³/mol. The first-order chi connectivity index (χ1) is 15.6. The molecule has 2 fully saturated rings. The maximum atomic E-state index is 12.7. The molecule has 2 bridgehead atoms. The molecule has 2 aromatic rings. The van der Waals surface area contributed by atoms with E-state index in [-0.39, 0.29) is 36.1 Å². The van der Waals surface area contributed by atoms with Gasteiger partial charge in [-0.25, -0.2) is 4.79 Å². The number of rotatable bonds is 6. The molecule has 0 aliphatic carbocycles. The van der Waals surface area contributed by atoms with Gasteiger partial charge in [-0.05, 0) is 33.6 Å². The topological polar surface area (TPSA) is 114 Å². The molecule has 1 amide bonds. The first-order valence-electron chi connectivity index (χ1n) is 10.9. The highest BCUT2D eigenvalue weighted by Gasteiger charge is 2.49. The van der Waals surface area contributed by atoms with Crippen molar-refractivity contribution >= 4 is 17.7 Å². The summed E-state index contributed by atoms with van der Waals surface area (Å²) in [4.78, 5) is 23.2. The quantitative estimate of drug-likeness (QED) is 0.654. The van der Waals surface area contributed by atoms with Gasteiger partial charge in [0.2, 0.25) is 11.8 Å². The van der Waals surface area contributed by atoms with Crippen LogP contribution in [0.4, 0.5) is 25.2 Å². The normalized spacial score (nSPS) is 24.6. The molecule has 2 N–H and O–H groups in total. The van der Waals surface area contributed by atoms with Gasteiger partial charge in [0, 0.05) is 30.5 Å². The maximum Gasteiger partial charge on any atom is 0.410 e. The van der Waals surface area contributed by atoms with Crippen LogP contribution in [-0.2, 0) is 4.74 Å². The molecule has 10 nitrogen and oxygen atoms in total. The Morgan fingerprint density at radius 1 is 1.27 bits per heavy atom. The molecule has 4 rings (SSSR count). The van der Waals surface area contributed by atoms with Crippen molar-refractivity contribution in [2.45, 2.75) is 77.4 Å². The first kappa shape index (κ1) is 23.0. The maximum absolute atomic E-state index is 12.7. The van der Waals surface area contributed by atoms with Crippen LogP contribution in [0.3, 0.4) is 0 Å². The van der Waals surface area contributed by atoms with Gasteiger partial charge in [0.05, 0.1) is 12.4 Å². The van der Waals surface area contributed by atoms with Crippen LogP contribution in [0, 0.1) is 5.92 Å². The van der Waals surface area contributed by atoms with Crippen molar-refractivity contribution in [3.63, 3.8) is 0 Å². The molecule has 12 heteroatoms. The van der Waals surface area contributed by atoms with Crippen LogP contribution in [0.15, 0.2) is 18.5 Å². The van der Waals surface area contributed by atoms with E-state index in [9.17, 15) is 13.6 Å². The third kappa shape index (κ3) is 5.42. The van der Waals surface area contributed by atoms with Gasteiger partial charge in [-0.1, -0.05) is 6.92 Å². The number of nitrogens with zero attached hydrogens (tertiary/aromatic N) is 4. The molecular formula is C21H28F2N6O4. The van der Waals surface area contributed by atoms with E-state index in [2.05, 4.69) is 37.1 Å². The number of carbonyl (C=O) groups is 1. The molecule has 2 saturated heterocycles. The van der Waals surface area contributed by atoms with E-state index in [4.69, 9.17) is 9.47 Å². The van der Waals surface area contributed by atoms with Crippen LogP contribution in [-0.4, -0.2) is 61.6 Å². The first-order valence-corrected chi connectivity index (χ1v) is 10.9. The molecule has 0 radical (unpaired) electrons.